The number of aryl methyl sites for hydroxylation is 1. The van der Waals surface area contributed by atoms with Gasteiger partial charge in [-0.2, -0.15) is 0 Å². The average Bonchev–Trinajstić information content (AvgIpc) is 3.08. The van der Waals surface area contributed by atoms with Crippen LogP contribution in [0.15, 0.2) is 36.7 Å². The molecule has 1 aromatic heterocycles. The van der Waals surface area contributed by atoms with Crippen LogP contribution >= 0.6 is 0 Å². The number of aromatic nitrogens is 2. The van der Waals surface area contributed by atoms with E-state index in [4.69, 9.17) is 0 Å². The van der Waals surface area contributed by atoms with Gasteiger partial charge in [-0.15, -0.1) is 0 Å². The molecule has 5 heteroatoms. The first-order valence-electron chi connectivity index (χ1n) is 8.81. The first kappa shape index (κ1) is 16.7. The van der Waals surface area contributed by atoms with Gasteiger partial charge in [0.1, 0.15) is 5.82 Å². The van der Waals surface area contributed by atoms with Gasteiger partial charge in [0.15, 0.2) is 0 Å². The minimum atomic E-state index is 0.0120. The molecule has 128 valence electrons. The number of nitrogens with one attached hydrogen (secondary N) is 1. The van der Waals surface area contributed by atoms with Crippen molar-refractivity contribution in [2.75, 3.05) is 13.1 Å². The summed E-state index contributed by atoms with van der Waals surface area (Å²) in [6, 6.07) is 8.15. The maximum Gasteiger partial charge on any atom is 0.251 e. The first-order chi connectivity index (χ1) is 11.7. The fourth-order valence-corrected chi connectivity index (χ4v) is 3.22. The Labute approximate surface area is 143 Å². The normalized spacial score (nSPS) is 16.9. The smallest absolute Gasteiger partial charge is 0.251 e. The van der Waals surface area contributed by atoms with E-state index in [1.54, 1.807) is 0 Å². The van der Waals surface area contributed by atoms with Crippen molar-refractivity contribution in [1.82, 2.24) is 19.8 Å². The minimum absolute atomic E-state index is 0.0120. The van der Waals surface area contributed by atoms with E-state index in [1.165, 1.54) is 5.56 Å². The van der Waals surface area contributed by atoms with E-state index >= 15 is 0 Å². The van der Waals surface area contributed by atoms with Crippen molar-refractivity contribution in [3.63, 3.8) is 0 Å². The molecular weight excluding hydrogens is 300 g/mol. The number of carbonyl (C=O) groups excluding carboxylic acids is 1. The minimum Gasteiger partial charge on any atom is -0.347 e. The van der Waals surface area contributed by atoms with Crippen molar-refractivity contribution in [2.24, 2.45) is 0 Å². The Balaban J connectivity index is 1.57. The topological polar surface area (TPSA) is 50.2 Å². The second-order valence-electron chi connectivity index (χ2n) is 6.36. The molecular formula is C19H26N4O. The number of benzene rings is 1. The van der Waals surface area contributed by atoms with Gasteiger partial charge in [0.25, 0.3) is 5.91 Å². The second kappa shape index (κ2) is 7.62. The Morgan fingerprint density at radius 2 is 2.04 bits per heavy atom. The van der Waals surface area contributed by atoms with Gasteiger partial charge in [0.05, 0.1) is 0 Å². The summed E-state index contributed by atoms with van der Waals surface area (Å²) in [6.45, 7) is 8.15. The molecule has 0 unspecified atom stereocenters. The molecule has 0 radical (unpaired) electrons. The van der Waals surface area contributed by atoms with Gasteiger partial charge in [0.2, 0.25) is 0 Å². The van der Waals surface area contributed by atoms with E-state index in [2.05, 4.69) is 45.7 Å². The number of imidazole rings is 1. The zero-order valence-electron chi connectivity index (χ0n) is 14.5. The number of fused-ring (bicyclic) bond motifs is 1. The van der Waals surface area contributed by atoms with Gasteiger partial charge in [-0.05, 0) is 37.2 Å². The van der Waals surface area contributed by atoms with E-state index in [9.17, 15) is 4.79 Å². The number of rotatable bonds is 6. The van der Waals surface area contributed by atoms with Gasteiger partial charge in [0, 0.05) is 43.5 Å². The van der Waals surface area contributed by atoms with Crippen molar-refractivity contribution in [2.45, 2.75) is 45.8 Å². The van der Waals surface area contributed by atoms with Gasteiger partial charge in [-0.25, -0.2) is 4.98 Å². The zero-order chi connectivity index (χ0) is 16.9. The maximum atomic E-state index is 12.5. The Hall–Kier alpha value is -2.14. The fraction of sp³-hybridized carbons (Fsp3) is 0.474. The van der Waals surface area contributed by atoms with Gasteiger partial charge >= 0.3 is 0 Å². The van der Waals surface area contributed by atoms with Crippen LogP contribution in [0.3, 0.4) is 0 Å². The molecule has 1 aromatic carbocycles. The molecule has 1 atom stereocenters. The molecule has 0 bridgehead atoms. The van der Waals surface area contributed by atoms with Crippen molar-refractivity contribution in [3.8, 4) is 0 Å². The lowest BCUT2D eigenvalue weighted by molar-refractivity contribution is 0.0927. The van der Waals surface area contributed by atoms with E-state index in [1.807, 2.05) is 24.5 Å². The summed E-state index contributed by atoms with van der Waals surface area (Å²) >= 11 is 0. The SMILES string of the molecule is CCN(CC)Cc1ccc(C(=O)N[C@@H]2CCc3nccn3C2)cc1. The van der Waals surface area contributed by atoms with Crippen LogP contribution in [0.5, 0.6) is 0 Å². The molecule has 0 spiro atoms. The number of nitrogens with zero attached hydrogens (tertiary/aromatic N) is 3. The van der Waals surface area contributed by atoms with Gasteiger partial charge in [-0.3, -0.25) is 9.69 Å². The molecule has 0 saturated carbocycles. The molecule has 1 aliphatic rings. The van der Waals surface area contributed by atoms with Crippen molar-refractivity contribution >= 4 is 5.91 Å². The molecule has 0 saturated heterocycles. The number of hydrogen-bond acceptors (Lipinski definition) is 3. The molecule has 1 N–H and O–H groups in total. The average molecular weight is 326 g/mol. The molecule has 1 aliphatic heterocycles. The monoisotopic (exact) mass is 326 g/mol. The summed E-state index contributed by atoms with van der Waals surface area (Å²) in [5, 5.41) is 3.15. The molecule has 0 aliphatic carbocycles. The third-order valence-electron chi connectivity index (χ3n) is 4.79. The Morgan fingerprint density at radius 1 is 1.29 bits per heavy atom. The van der Waals surface area contributed by atoms with E-state index < -0.39 is 0 Å². The van der Waals surface area contributed by atoms with Crippen LogP contribution in [0, 0.1) is 0 Å². The highest BCUT2D eigenvalue weighted by Crippen LogP contribution is 2.14. The summed E-state index contributed by atoms with van der Waals surface area (Å²) in [5.74, 6) is 1.12. The van der Waals surface area contributed by atoms with Crippen molar-refractivity contribution < 1.29 is 4.79 Å². The van der Waals surface area contributed by atoms with Crippen LogP contribution < -0.4 is 5.32 Å². The largest absolute Gasteiger partial charge is 0.347 e. The second-order valence-corrected chi connectivity index (χ2v) is 6.36. The van der Waals surface area contributed by atoms with Crippen LogP contribution in [0.25, 0.3) is 0 Å². The van der Waals surface area contributed by atoms with E-state index in [0.29, 0.717) is 0 Å². The summed E-state index contributed by atoms with van der Waals surface area (Å²) in [7, 11) is 0. The number of amides is 1. The van der Waals surface area contributed by atoms with E-state index in [0.717, 1.165) is 50.4 Å². The Morgan fingerprint density at radius 3 is 2.75 bits per heavy atom. The summed E-state index contributed by atoms with van der Waals surface area (Å²) in [5.41, 5.74) is 1.98. The van der Waals surface area contributed by atoms with Crippen LogP contribution in [0.2, 0.25) is 0 Å². The molecule has 2 heterocycles. The molecule has 0 fully saturated rings. The predicted molar refractivity (Wildman–Crippen MR) is 94.9 cm³/mol. The third-order valence-corrected chi connectivity index (χ3v) is 4.79. The maximum absolute atomic E-state index is 12.5. The summed E-state index contributed by atoms with van der Waals surface area (Å²) < 4.78 is 2.13. The highest BCUT2D eigenvalue weighted by Gasteiger charge is 2.20. The zero-order valence-corrected chi connectivity index (χ0v) is 14.5. The van der Waals surface area contributed by atoms with Crippen LogP contribution in [0.4, 0.5) is 0 Å². The summed E-state index contributed by atoms with van der Waals surface area (Å²) in [6.07, 6.45) is 5.67. The molecule has 24 heavy (non-hydrogen) atoms. The predicted octanol–water partition coefficient (Wildman–Crippen LogP) is 2.47. The Kier molecular flexibility index (Phi) is 5.30. The molecule has 1 amide bonds. The molecule has 5 nitrogen and oxygen atoms in total. The standard InChI is InChI=1S/C19H26N4O/c1-3-22(4-2)13-15-5-7-16(8-6-15)19(24)21-17-9-10-18-20-11-12-23(18)14-17/h5-8,11-12,17H,3-4,9-10,13-14H2,1-2H3,(H,21,24)/t17-/m1/s1. The quantitative estimate of drug-likeness (QED) is 0.887. The lowest BCUT2D eigenvalue weighted by Crippen LogP contribution is -2.40. The highest BCUT2D eigenvalue weighted by molar-refractivity contribution is 5.94. The van der Waals surface area contributed by atoms with E-state index in [-0.39, 0.29) is 11.9 Å². The lowest BCUT2D eigenvalue weighted by Gasteiger charge is -2.24. The first-order valence-corrected chi connectivity index (χ1v) is 8.81. The van der Waals surface area contributed by atoms with Gasteiger partial charge in [-0.1, -0.05) is 26.0 Å². The lowest BCUT2D eigenvalue weighted by atomic mass is 10.1. The number of hydrogen-bond donors (Lipinski definition) is 1. The van der Waals surface area contributed by atoms with Crippen molar-refractivity contribution in [3.05, 3.63) is 53.6 Å². The Bertz CT molecular complexity index is 673. The fourth-order valence-electron chi connectivity index (χ4n) is 3.22. The van der Waals surface area contributed by atoms with Crippen LogP contribution in [-0.2, 0) is 19.5 Å². The summed E-state index contributed by atoms with van der Waals surface area (Å²) in [4.78, 5) is 19.1. The molecule has 2 aromatic rings. The molecule has 3 rings (SSSR count). The third kappa shape index (κ3) is 3.85. The van der Waals surface area contributed by atoms with Crippen molar-refractivity contribution in [1.29, 1.82) is 0 Å². The van der Waals surface area contributed by atoms with Gasteiger partial charge < -0.3 is 9.88 Å². The highest BCUT2D eigenvalue weighted by atomic mass is 16.1. The van der Waals surface area contributed by atoms with Crippen LogP contribution in [0.1, 0.15) is 42.0 Å². The van der Waals surface area contributed by atoms with Crippen LogP contribution in [-0.4, -0.2) is 39.5 Å². The number of carbonyl (C=O) groups is 1.